The molecule has 2 fully saturated rings. The maximum absolute atomic E-state index is 13.5. The number of rotatable bonds is 7. The van der Waals surface area contributed by atoms with Crippen molar-refractivity contribution in [1.82, 2.24) is 4.90 Å². The summed E-state index contributed by atoms with van der Waals surface area (Å²) in [6.07, 6.45) is 2.98. The number of nitrogens with zero attached hydrogens (tertiary/aromatic N) is 1. The van der Waals surface area contributed by atoms with Crippen LogP contribution in [0.1, 0.15) is 31.2 Å². The van der Waals surface area contributed by atoms with E-state index in [0.717, 1.165) is 39.3 Å². The van der Waals surface area contributed by atoms with Crippen LogP contribution in [0.15, 0.2) is 53.4 Å². The second-order valence-corrected chi connectivity index (χ2v) is 11.2. The van der Waals surface area contributed by atoms with Gasteiger partial charge in [-0.15, -0.1) is 0 Å². The number of halogens is 1. The van der Waals surface area contributed by atoms with E-state index in [9.17, 15) is 13.2 Å². The lowest BCUT2D eigenvalue weighted by Gasteiger charge is -2.28. The van der Waals surface area contributed by atoms with Crippen molar-refractivity contribution in [3.05, 3.63) is 59.1 Å². The van der Waals surface area contributed by atoms with Gasteiger partial charge in [-0.25, -0.2) is 8.42 Å². The van der Waals surface area contributed by atoms with Crippen molar-refractivity contribution in [2.75, 3.05) is 38.2 Å². The van der Waals surface area contributed by atoms with Gasteiger partial charge in [0.05, 0.1) is 18.1 Å². The van der Waals surface area contributed by atoms with E-state index in [0.29, 0.717) is 36.4 Å². The molecule has 2 aromatic carbocycles. The Labute approximate surface area is 194 Å². The van der Waals surface area contributed by atoms with Crippen LogP contribution in [0.25, 0.3) is 0 Å². The summed E-state index contributed by atoms with van der Waals surface area (Å²) in [6, 6.07) is 13.7. The number of anilines is 1. The lowest BCUT2D eigenvalue weighted by molar-refractivity contribution is -0.118. The topological polar surface area (TPSA) is 75.7 Å². The van der Waals surface area contributed by atoms with Crippen LogP contribution in [0.4, 0.5) is 5.69 Å². The highest BCUT2D eigenvalue weighted by molar-refractivity contribution is 7.93. The molecular weight excluding hydrogens is 448 g/mol. The molecule has 1 amide bonds. The van der Waals surface area contributed by atoms with Gasteiger partial charge < -0.3 is 10.1 Å². The first-order valence-corrected chi connectivity index (χ1v) is 13.0. The van der Waals surface area contributed by atoms with E-state index >= 15 is 0 Å². The number of ether oxygens (including phenoxy) is 1. The average molecular weight is 477 g/mol. The van der Waals surface area contributed by atoms with Crippen LogP contribution in [0.5, 0.6) is 0 Å². The summed E-state index contributed by atoms with van der Waals surface area (Å²) in [5.74, 6) is -0.453. The van der Waals surface area contributed by atoms with Gasteiger partial charge in [-0.1, -0.05) is 36.6 Å². The zero-order valence-corrected chi connectivity index (χ0v) is 19.6. The maximum atomic E-state index is 13.5. The molecule has 172 valence electrons. The van der Waals surface area contributed by atoms with E-state index in [2.05, 4.69) is 10.2 Å². The van der Waals surface area contributed by atoms with Gasteiger partial charge in [-0.2, -0.15) is 0 Å². The number of sulfone groups is 1. The van der Waals surface area contributed by atoms with Gasteiger partial charge in [0.1, 0.15) is 0 Å². The molecule has 1 N–H and O–H groups in total. The molecule has 0 aromatic heterocycles. The van der Waals surface area contributed by atoms with Crippen LogP contribution in [-0.2, 0) is 25.8 Å². The van der Waals surface area contributed by atoms with Crippen LogP contribution in [0.3, 0.4) is 0 Å². The number of morpholine rings is 1. The van der Waals surface area contributed by atoms with Crippen molar-refractivity contribution >= 4 is 33.0 Å². The fourth-order valence-corrected chi connectivity index (χ4v) is 6.71. The van der Waals surface area contributed by atoms with Gasteiger partial charge in [-0.3, -0.25) is 9.69 Å². The molecule has 1 aliphatic heterocycles. The summed E-state index contributed by atoms with van der Waals surface area (Å²) in [5.41, 5.74) is 1.79. The van der Waals surface area contributed by atoms with Crippen molar-refractivity contribution in [3.8, 4) is 0 Å². The van der Waals surface area contributed by atoms with Crippen molar-refractivity contribution in [2.24, 2.45) is 0 Å². The number of benzene rings is 2. The monoisotopic (exact) mass is 476 g/mol. The van der Waals surface area contributed by atoms with Crippen molar-refractivity contribution in [2.45, 2.75) is 41.7 Å². The van der Waals surface area contributed by atoms with Gasteiger partial charge in [0.2, 0.25) is 5.91 Å². The molecule has 0 bridgehead atoms. The Morgan fingerprint density at radius 2 is 1.62 bits per heavy atom. The molecule has 2 aromatic rings. The van der Waals surface area contributed by atoms with E-state index in [4.69, 9.17) is 16.3 Å². The van der Waals surface area contributed by atoms with Gasteiger partial charge in [-0.05, 0) is 61.2 Å². The fourth-order valence-electron chi connectivity index (χ4n) is 4.52. The minimum Gasteiger partial charge on any atom is -0.379 e. The van der Waals surface area contributed by atoms with Gasteiger partial charge >= 0.3 is 0 Å². The SMILES string of the molecule is O=C(Nc1ccc(CCN2CCOCC2)cc1)C1(S(=O)(=O)c2ccc(Cl)cc2)CCCC1. The molecule has 0 unspecified atom stereocenters. The highest BCUT2D eigenvalue weighted by Crippen LogP contribution is 2.41. The normalized spacial score (nSPS) is 19.0. The Morgan fingerprint density at radius 1 is 1.00 bits per heavy atom. The third-order valence-corrected chi connectivity index (χ3v) is 9.26. The van der Waals surface area contributed by atoms with Crippen LogP contribution >= 0.6 is 11.6 Å². The molecule has 32 heavy (non-hydrogen) atoms. The van der Waals surface area contributed by atoms with E-state index in [-0.39, 0.29) is 4.90 Å². The van der Waals surface area contributed by atoms with E-state index < -0.39 is 20.5 Å². The van der Waals surface area contributed by atoms with Gasteiger partial charge in [0.15, 0.2) is 14.6 Å². The molecule has 1 aliphatic carbocycles. The molecule has 0 radical (unpaired) electrons. The molecule has 1 saturated carbocycles. The summed E-state index contributed by atoms with van der Waals surface area (Å²) in [4.78, 5) is 15.8. The molecule has 4 rings (SSSR count). The van der Waals surface area contributed by atoms with Crippen LogP contribution in [-0.4, -0.2) is 56.8 Å². The first kappa shape index (κ1) is 23.2. The standard InChI is InChI=1S/C24H29ClN2O4S/c25-20-5-9-22(10-6-20)32(29,30)24(12-1-2-13-24)23(28)26-21-7-3-19(4-8-21)11-14-27-15-17-31-18-16-27/h3-10H,1-2,11-18H2,(H,26,28). The number of nitrogens with one attached hydrogen (secondary N) is 1. The second-order valence-electron chi connectivity index (χ2n) is 8.51. The Morgan fingerprint density at radius 3 is 2.25 bits per heavy atom. The number of carbonyl (C=O) groups is 1. The molecule has 6 nitrogen and oxygen atoms in total. The zero-order chi connectivity index (χ0) is 22.6. The number of carbonyl (C=O) groups excluding carboxylic acids is 1. The summed E-state index contributed by atoms with van der Waals surface area (Å²) >= 11 is 5.92. The quantitative estimate of drug-likeness (QED) is 0.655. The minimum atomic E-state index is -3.85. The average Bonchev–Trinajstić information content (AvgIpc) is 3.32. The predicted octanol–water partition coefficient (Wildman–Crippen LogP) is 3.94. The van der Waals surface area contributed by atoms with Crippen molar-refractivity contribution in [3.63, 3.8) is 0 Å². The Bertz CT molecular complexity index is 1030. The van der Waals surface area contributed by atoms with Gasteiger partial charge in [0, 0.05) is 30.3 Å². The molecule has 8 heteroatoms. The molecule has 2 aliphatic rings. The van der Waals surface area contributed by atoms with E-state index in [1.54, 1.807) is 12.1 Å². The first-order chi connectivity index (χ1) is 15.4. The Kier molecular flexibility index (Phi) is 7.20. The predicted molar refractivity (Wildman–Crippen MR) is 126 cm³/mol. The number of hydrogen-bond acceptors (Lipinski definition) is 5. The summed E-state index contributed by atoms with van der Waals surface area (Å²) in [5, 5.41) is 3.33. The van der Waals surface area contributed by atoms with Crippen LogP contribution < -0.4 is 5.32 Å². The van der Waals surface area contributed by atoms with Crippen molar-refractivity contribution < 1.29 is 17.9 Å². The molecule has 0 atom stereocenters. The largest absolute Gasteiger partial charge is 0.379 e. The molecule has 1 saturated heterocycles. The lowest BCUT2D eigenvalue weighted by atomic mass is 10.1. The summed E-state index contributed by atoms with van der Waals surface area (Å²) in [7, 11) is -3.85. The number of amides is 1. The van der Waals surface area contributed by atoms with Gasteiger partial charge in [0.25, 0.3) is 0 Å². The third kappa shape index (κ3) is 4.86. The number of hydrogen-bond donors (Lipinski definition) is 1. The maximum Gasteiger partial charge on any atom is 0.246 e. The Hall–Kier alpha value is -1.93. The molecule has 0 spiro atoms. The lowest BCUT2D eigenvalue weighted by Crippen LogP contribution is -2.47. The zero-order valence-electron chi connectivity index (χ0n) is 18.1. The highest BCUT2D eigenvalue weighted by Gasteiger charge is 2.52. The molecular formula is C24H29ClN2O4S. The second kappa shape index (κ2) is 9.91. The highest BCUT2D eigenvalue weighted by atomic mass is 35.5. The molecule has 1 heterocycles. The van der Waals surface area contributed by atoms with E-state index in [1.807, 2.05) is 24.3 Å². The van der Waals surface area contributed by atoms with Crippen LogP contribution in [0.2, 0.25) is 5.02 Å². The Balaban J connectivity index is 1.45. The summed E-state index contributed by atoms with van der Waals surface area (Å²) < 4.78 is 30.9. The smallest absolute Gasteiger partial charge is 0.246 e. The first-order valence-electron chi connectivity index (χ1n) is 11.1. The van der Waals surface area contributed by atoms with E-state index in [1.165, 1.54) is 17.7 Å². The van der Waals surface area contributed by atoms with Crippen molar-refractivity contribution in [1.29, 1.82) is 0 Å². The van der Waals surface area contributed by atoms with Crippen LogP contribution in [0, 0.1) is 0 Å². The summed E-state index contributed by atoms with van der Waals surface area (Å²) in [6.45, 7) is 4.45. The minimum absolute atomic E-state index is 0.136. The third-order valence-electron chi connectivity index (χ3n) is 6.50. The fraction of sp³-hybridized carbons (Fsp3) is 0.458.